The molecule has 216 valence electrons. The number of fused-ring (bicyclic) bond motifs is 1. The summed E-state index contributed by atoms with van der Waals surface area (Å²) < 4.78 is 11.2. The molecule has 6 rings (SSSR count). The number of morpholine rings is 1. The molecule has 3 fully saturated rings. The monoisotopic (exact) mass is 594 g/mol. The van der Waals surface area contributed by atoms with Crippen molar-refractivity contribution in [1.29, 1.82) is 0 Å². The number of thiophene rings is 1. The van der Waals surface area contributed by atoms with Crippen LogP contribution in [0, 0.1) is 17.8 Å². The van der Waals surface area contributed by atoms with E-state index in [0.717, 1.165) is 24.5 Å². The molecule has 2 aliphatic heterocycles. The number of benzene rings is 1. The van der Waals surface area contributed by atoms with Crippen molar-refractivity contribution in [2.45, 2.75) is 26.2 Å². The number of nitrogens with zero attached hydrogens (tertiary/aromatic N) is 4. The maximum absolute atomic E-state index is 13.4. The lowest BCUT2D eigenvalue weighted by atomic mass is 9.86. The van der Waals surface area contributed by atoms with E-state index in [1.165, 1.54) is 16.9 Å². The van der Waals surface area contributed by atoms with Crippen LogP contribution in [0.2, 0.25) is 5.02 Å². The maximum atomic E-state index is 13.4. The lowest BCUT2D eigenvalue weighted by Crippen LogP contribution is -2.39. The summed E-state index contributed by atoms with van der Waals surface area (Å²) in [5.74, 6) is 1.93. The predicted molar refractivity (Wildman–Crippen MR) is 161 cm³/mol. The molecule has 1 aromatic carbocycles. The van der Waals surface area contributed by atoms with Crippen LogP contribution in [-0.4, -0.2) is 67.8 Å². The first-order valence-corrected chi connectivity index (χ1v) is 15.4. The standard InChI is InChI=1S/C31H35ClN4O4S/c1-31(2,3)21-6-4-20(5-7-21)28(37)35-17-23-24(18-35)25(23)19-36(30(38)40-29-26(32)10-15-41-29)22-8-9-27(33-16-22)34-11-13-39-14-12-34/h4-10,15-16,23-25H,11-14,17-19H2,1-3H3. The van der Waals surface area contributed by atoms with E-state index in [1.54, 1.807) is 22.5 Å². The van der Waals surface area contributed by atoms with Gasteiger partial charge in [-0.15, -0.1) is 11.3 Å². The van der Waals surface area contributed by atoms with Crippen LogP contribution in [0.15, 0.2) is 54.0 Å². The SMILES string of the molecule is CC(C)(C)c1ccc(C(=O)N2CC3C(C2)C3CN(C(=O)Oc2sccc2Cl)c2ccc(N3CCOCC3)nc2)cc1. The number of pyridine rings is 1. The summed E-state index contributed by atoms with van der Waals surface area (Å²) in [6, 6.07) is 13.5. The van der Waals surface area contributed by atoms with Crippen LogP contribution >= 0.6 is 22.9 Å². The van der Waals surface area contributed by atoms with Gasteiger partial charge in [0.2, 0.25) is 5.06 Å². The van der Waals surface area contributed by atoms with Crippen molar-refractivity contribution < 1.29 is 19.1 Å². The summed E-state index contributed by atoms with van der Waals surface area (Å²) in [5.41, 5.74) is 2.66. The van der Waals surface area contributed by atoms with Crippen molar-refractivity contribution in [2.75, 3.05) is 55.7 Å². The molecule has 2 unspecified atom stereocenters. The summed E-state index contributed by atoms with van der Waals surface area (Å²) in [6.07, 6.45) is 1.25. The van der Waals surface area contributed by atoms with Crippen LogP contribution in [0.25, 0.3) is 0 Å². The first-order chi connectivity index (χ1) is 19.7. The molecule has 0 bridgehead atoms. The first-order valence-electron chi connectivity index (χ1n) is 14.1. The minimum atomic E-state index is -0.480. The molecule has 2 amide bonds. The number of likely N-dealkylation sites (tertiary alicyclic amines) is 1. The second-order valence-electron chi connectivity index (χ2n) is 12.0. The molecular weight excluding hydrogens is 560 g/mol. The van der Waals surface area contributed by atoms with Crippen molar-refractivity contribution in [3.63, 3.8) is 0 Å². The van der Waals surface area contributed by atoms with Crippen LogP contribution in [0.5, 0.6) is 5.06 Å². The van der Waals surface area contributed by atoms with Gasteiger partial charge < -0.3 is 19.3 Å². The van der Waals surface area contributed by atoms with Gasteiger partial charge in [-0.2, -0.15) is 0 Å². The van der Waals surface area contributed by atoms with Crippen LogP contribution in [0.4, 0.5) is 16.3 Å². The van der Waals surface area contributed by atoms with Gasteiger partial charge in [0.25, 0.3) is 5.91 Å². The number of ether oxygens (including phenoxy) is 2. The van der Waals surface area contributed by atoms with E-state index in [0.29, 0.717) is 60.5 Å². The largest absolute Gasteiger partial charge is 0.420 e. The molecule has 1 aliphatic carbocycles. The Morgan fingerprint density at radius 1 is 1.07 bits per heavy atom. The van der Waals surface area contributed by atoms with Crippen LogP contribution in [0.1, 0.15) is 36.7 Å². The highest BCUT2D eigenvalue weighted by molar-refractivity contribution is 7.12. The Hall–Kier alpha value is -3.14. The fourth-order valence-corrected chi connectivity index (χ4v) is 6.82. The van der Waals surface area contributed by atoms with E-state index in [2.05, 4.69) is 42.8 Å². The Labute approximate surface area is 249 Å². The minimum absolute atomic E-state index is 0.0459. The van der Waals surface area contributed by atoms with Crippen LogP contribution < -0.4 is 14.5 Å². The molecule has 8 nitrogen and oxygen atoms in total. The summed E-state index contributed by atoms with van der Waals surface area (Å²) in [6.45, 7) is 11.3. The van der Waals surface area contributed by atoms with E-state index < -0.39 is 6.09 Å². The molecule has 1 saturated carbocycles. The molecule has 0 N–H and O–H groups in total. The van der Waals surface area contributed by atoms with Crippen LogP contribution in [0.3, 0.4) is 0 Å². The van der Waals surface area contributed by atoms with E-state index in [4.69, 9.17) is 21.1 Å². The van der Waals surface area contributed by atoms with Gasteiger partial charge in [-0.25, -0.2) is 9.78 Å². The van der Waals surface area contributed by atoms with Crippen molar-refractivity contribution in [2.24, 2.45) is 17.8 Å². The highest BCUT2D eigenvalue weighted by atomic mass is 35.5. The summed E-state index contributed by atoms with van der Waals surface area (Å²) in [5, 5.41) is 2.59. The third-order valence-electron chi connectivity index (χ3n) is 8.41. The number of aromatic nitrogens is 1. The normalized spacial score (nSPS) is 21.9. The molecule has 2 atom stereocenters. The number of piperidine rings is 1. The van der Waals surface area contributed by atoms with E-state index in [1.807, 2.05) is 29.2 Å². The fraction of sp³-hybridized carbons (Fsp3) is 0.452. The highest BCUT2D eigenvalue weighted by Gasteiger charge is 2.57. The zero-order chi connectivity index (χ0) is 28.7. The van der Waals surface area contributed by atoms with Gasteiger partial charge in [-0.3, -0.25) is 9.69 Å². The molecule has 0 radical (unpaired) electrons. The van der Waals surface area contributed by atoms with E-state index in [-0.39, 0.29) is 17.2 Å². The quantitative estimate of drug-likeness (QED) is 0.351. The molecule has 10 heteroatoms. The van der Waals surface area contributed by atoms with Gasteiger partial charge in [0.15, 0.2) is 0 Å². The van der Waals surface area contributed by atoms with Crippen molar-refractivity contribution in [3.8, 4) is 5.06 Å². The van der Waals surface area contributed by atoms with Crippen molar-refractivity contribution in [1.82, 2.24) is 9.88 Å². The Morgan fingerprint density at radius 2 is 1.78 bits per heavy atom. The molecule has 41 heavy (non-hydrogen) atoms. The second kappa shape index (κ2) is 11.3. The van der Waals surface area contributed by atoms with E-state index in [9.17, 15) is 9.59 Å². The zero-order valence-electron chi connectivity index (χ0n) is 23.6. The highest BCUT2D eigenvalue weighted by Crippen LogP contribution is 2.52. The van der Waals surface area contributed by atoms with Gasteiger partial charge in [0.1, 0.15) is 5.82 Å². The number of hydrogen-bond donors (Lipinski definition) is 0. The smallest absolute Gasteiger partial charge is 0.397 e. The summed E-state index contributed by atoms with van der Waals surface area (Å²) in [4.78, 5) is 37.1. The third kappa shape index (κ3) is 5.94. The average molecular weight is 595 g/mol. The third-order valence-corrected chi connectivity index (χ3v) is 9.61. The van der Waals surface area contributed by atoms with Gasteiger partial charge >= 0.3 is 6.09 Å². The maximum Gasteiger partial charge on any atom is 0.420 e. The summed E-state index contributed by atoms with van der Waals surface area (Å²) in [7, 11) is 0. The van der Waals surface area contributed by atoms with Gasteiger partial charge in [-0.1, -0.05) is 44.5 Å². The van der Waals surface area contributed by atoms with Gasteiger partial charge in [-0.05, 0) is 64.4 Å². The minimum Gasteiger partial charge on any atom is -0.397 e. The lowest BCUT2D eigenvalue weighted by Gasteiger charge is -2.28. The van der Waals surface area contributed by atoms with E-state index >= 15 is 0 Å². The molecule has 0 spiro atoms. The Bertz CT molecular complexity index is 1390. The number of carbonyl (C=O) groups excluding carboxylic acids is 2. The number of rotatable bonds is 6. The van der Waals surface area contributed by atoms with Crippen molar-refractivity contribution in [3.05, 3.63) is 70.2 Å². The average Bonchev–Trinajstić information content (AvgIpc) is 3.25. The number of carbonyl (C=O) groups is 2. The molecule has 3 aliphatic rings. The Morgan fingerprint density at radius 3 is 2.37 bits per heavy atom. The number of amides is 2. The Balaban J connectivity index is 1.13. The Kier molecular flexibility index (Phi) is 7.70. The molecular formula is C31H35ClN4O4S. The fourth-order valence-electron chi connectivity index (χ4n) is 5.88. The molecule has 2 saturated heterocycles. The van der Waals surface area contributed by atoms with Gasteiger partial charge in [0.05, 0.1) is 30.1 Å². The van der Waals surface area contributed by atoms with Gasteiger partial charge in [0, 0.05) is 38.3 Å². The predicted octanol–water partition coefficient (Wildman–Crippen LogP) is 5.95. The molecule has 4 heterocycles. The first kappa shape index (κ1) is 28.0. The van der Waals surface area contributed by atoms with Crippen LogP contribution in [-0.2, 0) is 10.2 Å². The topological polar surface area (TPSA) is 75.2 Å². The number of anilines is 2. The lowest BCUT2D eigenvalue weighted by molar-refractivity contribution is 0.0768. The summed E-state index contributed by atoms with van der Waals surface area (Å²) >= 11 is 7.50. The zero-order valence-corrected chi connectivity index (χ0v) is 25.2. The molecule has 2 aromatic heterocycles. The molecule has 3 aromatic rings. The number of halogens is 1. The second-order valence-corrected chi connectivity index (χ2v) is 13.3. The van der Waals surface area contributed by atoms with Crippen molar-refractivity contribution >= 4 is 46.4 Å². The number of hydrogen-bond acceptors (Lipinski definition) is 7.